The second-order valence-electron chi connectivity index (χ2n) is 8.75. The molecule has 0 bridgehead atoms. The Morgan fingerprint density at radius 3 is 1.72 bits per heavy atom. The largest absolute Gasteiger partial charge is 0.354 e. The lowest BCUT2D eigenvalue weighted by atomic mass is 9.78. The van der Waals surface area contributed by atoms with Gasteiger partial charge in [-0.2, -0.15) is 0 Å². The van der Waals surface area contributed by atoms with Gasteiger partial charge in [0.2, 0.25) is 0 Å². The summed E-state index contributed by atoms with van der Waals surface area (Å²) in [5, 5.41) is 2.66. The molecule has 1 heterocycles. The van der Waals surface area contributed by atoms with Crippen molar-refractivity contribution in [1.29, 1.82) is 0 Å². The molecule has 1 nitrogen and oxygen atoms in total. The summed E-state index contributed by atoms with van der Waals surface area (Å²) in [6.45, 7) is 6.95. The van der Waals surface area contributed by atoms with Gasteiger partial charge in [0.05, 0.1) is 0 Å². The Kier molecular flexibility index (Phi) is 4.06. The van der Waals surface area contributed by atoms with E-state index in [0.29, 0.717) is 0 Å². The standard InChI is InChI=1S/C28H25N/c1-28(2,3)27-22(20-13-8-5-9-14-20)17-18-24-26(27)25-21(15-10-16-23(25)29-24)19-11-6-4-7-12-19/h4-18,29H,1-3H3. The Morgan fingerprint density at radius 2 is 1.10 bits per heavy atom. The third-order valence-corrected chi connectivity index (χ3v) is 5.71. The zero-order chi connectivity index (χ0) is 20.0. The Morgan fingerprint density at radius 1 is 0.517 bits per heavy atom. The highest BCUT2D eigenvalue weighted by molar-refractivity contribution is 6.17. The van der Waals surface area contributed by atoms with E-state index in [1.165, 1.54) is 49.6 Å². The van der Waals surface area contributed by atoms with Gasteiger partial charge in [-0.25, -0.2) is 0 Å². The molecule has 0 fully saturated rings. The van der Waals surface area contributed by atoms with E-state index in [0.717, 1.165) is 0 Å². The van der Waals surface area contributed by atoms with Gasteiger partial charge in [-0.1, -0.05) is 99.6 Å². The summed E-state index contributed by atoms with van der Waals surface area (Å²) in [4.78, 5) is 3.68. The van der Waals surface area contributed by atoms with E-state index in [9.17, 15) is 0 Å². The molecule has 0 atom stereocenters. The van der Waals surface area contributed by atoms with Gasteiger partial charge < -0.3 is 4.98 Å². The van der Waals surface area contributed by atoms with Crippen molar-refractivity contribution in [3.63, 3.8) is 0 Å². The van der Waals surface area contributed by atoms with Gasteiger partial charge in [0.15, 0.2) is 0 Å². The minimum absolute atomic E-state index is 0.00358. The van der Waals surface area contributed by atoms with E-state index in [1.54, 1.807) is 0 Å². The van der Waals surface area contributed by atoms with Gasteiger partial charge in [-0.15, -0.1) is 0 Å². The van der Waals surface area contributed by atoms with Gasteiger partial charge in [0.25, 0.3) is 0 Å². The third-order valence-electron chi connectivity index (χ3n) is 5.71. The molecule has 0 spiro atoms. The summed E-state index contributed by atoms with van der Waals surface area (Å²) in [6.07, 6.45) is 0. The minimum atomic E-state index is 0.00358. The number of aromatic nitrogens is 1. The van der Waals surface area contributed by atoms with Gasteiger partial charge in [0.1, 0.15) is 0 Å². The number of benzene rings is 4. The first-order chi connectivity index (χ1) is 14.0. The zero-order valence-electron chi connectivity index (χ0n) is 17.2. The number of rotatable bonds is 2. The number of fused-ring (bicyclic) bond motifs is 3. The van der Waals surface area contributed by atoms with Crippen LogP contribution in [0.25, 0.3) is 44.1 Å². The summed E-state index contributed by atoms with van der Waals surface area (Å²) in [5.74, 6) is 0. The maximum atomic E-state index is 3.68. The molecule has 0 unspecified atom stereocenters. The van der Waals surface area contributed by atoms with Crippen LogP contribution in [-0.4, -0.2) is 4.98 Å². The smallest absolute Gasteiger partial charge is 0.0471 e. The second kappa shape index (κ2) is 6.63. The van der Waals surface area contributed by atoms with Crippen LogP contribution in [0, 0.1) is 0 Å². The lowest BCUT2D eigenvalue weighted by Gasteiger charge is -2.25. The molecule has 1 aromatic heterocycles. The van der Waals surface area contributed by atoms with Crippen LogP contribution in [0.2, 0.25) is 0 Å². The first kappa shape index (κ1) is 17.8. The van der Waals surface area contributed by atoms with Crippen LogP contribution < -0.4 is 0 Å². The highest BCUT2D eigenvalue weighted by Crippen LogP contribution is 2.44. The van der Waals surface area contributed by atoms with E-state index < -0.39 is 0 Å². The highest BCUT2D eigenvalue weighted by atomic mass is 14.7. The Labute approximate surface area is 172 Å². The maximum absolute atomic E-state index is 3.68. The molecule has 0 saturated heterocycles. The summed E-state index contributed by atoms with van der Waals surface area (Å²) in [6, 6.07) is 32.5. The van der Waals surface area contributed by atoms with Crippen LogP contribution in [0.3, 0.4) is 0 Å². The minimum Gasteiger partial charge on any atom is -0.354 e. The molecule has 5 aromatic rings. The van der Waals surface area contributed by atoms with Crippen LogP contribution in [0.15, 0.2) is 91.0 Å². The summed E-state index contributed by atoms with van der Waals surface area (Å²) < 4.78 is 0. The van der Waals surface area contributed by atoms with Crippen molar-refractivity contribution in [3.8, 4) is 22.3 Å². The Balaban J connectivity index is 1.96. The number of aromatic amines is 1. The van der Waals surface area contributed by atoms with Crippen molar-refractivity contribution in [2.75, 3.05) is 0 Å². The SMILES string of the molecule is CC(C)(C)c1c(-c2ccccc2)ccc2[nH]c3cccc(-c4ccccc4)c3c12. The molecule has 5 rings (SSSR count). The molecule has 0 aliphatic carbocycles. The maximum Gasteiger partial charge on any atom is 0.0471 e. The molecular formula is C28H25N. The van der Waals surface area contributed by atoms with Crippen molar-refractivity contribution < 1.29 is 0 Å². The average molecular weight is 376 g/mol. The fourth-order valence-corrected chi connectivity index (χ4v) is 4.53. The molecule has 0 amide bonds. The number of hydrogen-bond acceptors (Lipinski definition) is 0. The summed E-state index contributed by atoms with van der Waals surface area (Å²) in [7, 11) is 0. The van der Waals surface area contributed by atoms with Gasteiger partial charge in [-0.05, 0) is 45.4 Å². The first-order valence-electron chi connectivity index (χ1n) is 10.2. The molecule has 4 aromatic carbocycles. The van der Waals surface area contributed by atoms with Crippen LogP contribution >= 0.6 is 0 Å². The van der Waals surface area contributed by atoms with Crippen molar-refractivity contribution in [2.24, 2.45) is 0 Å². The normalized spacial score (nSPS) is 12.0. The number of nitrogens with one attached hydrogen (secondary N) is 1. The molecule has 0 aliphatic rings. The van der Waals surface area contributed by atoms with Crippen molar-refractivity contribution in [3.05, 3.63) is 96.6 Å². The Hall–Kier alpha value is -3.32. The van der Waals surface area contributed by atoms with E-state index in [4.69, 9.17) is 0 Å². The first-order valence-corrected chi connectivity index (χ1v) is 10.2. The van der Waals surface area contributed by atoms with Crippen molar-refractivity contribution in [2.45, 2.75) is 26.2 Å². The van der Waals surface area contributed by atoms with Gasteiger partial charge in [0, 0.05) is 21.8 Å². The quantitative estimate of drug-likeness (QED) is 0.322. The zero-order valence-corrected chi connectivity index (χ0v) is 17.2. The van der Waals surface area contributed by atoms with E-state index in [1.807, 2.05) is 0 Å². The fraction of sp³-hybridized carbons (Fsp3) is 0.143. The second-order valence-corrected chi connectivity index (χ2v) is 8.75. The number of H-pyrrole nitrogens is 1. The summed E-state index contributed by atoms with van der Waals surface area (Å²) in [5.41, 5.74) is 8.92. The van der Waals surface area contributed by atoms with Crippen molar-refractivity contribution >= 4 is 21.8 Å². The third kappa shape index (κ3) is 2.94. The predicted octanol–water partition coefficient (Wildman–Crippen LogP) is 7.95. The van der Waals surface area contributed by atoms with E-state index in [-0.39, 0.29) is 5.41 Å². The molecule has 0 radical (unpaired) electrons. The van der Waals surface area contributed by atoms with Crippen LogP contribution in [-0.2, 0) is 5.41 Å². The topological polar surface area (TPSA) is 15.8 Å². The van der Waals surface area contributed by atoms with E-state index in [2.05, 4.69) is 117 Å². The average Bonchev–Trinajstić information content (AvgIpc) is 3.12. The van der Waals surface area contributed by atoms with E-state index >= 15 is 0 Å². The predicted molar refractivity (Wildman–Crippen MR) is 125 cm³/mol. The van der Waals surface area contributed by atoms with Crippen LogP contribution in [0.5, 0.6) is 0 Å². The fourth-order valence-electron chi connectivity index (χ4n) is 4.53. The molecular weight excluding hydrogens is 350 g/mol. The van der Waals surface area contributed by atoms with Crippen molar-refractivity contribution in [1.82, 2.24) is 4.98 Å². The monoisotopic (exact) mass is 375 g/mol. The lowest BCUT2D eigenvalue weighted by Crippen LogP contribution is -2.13. The molecule has 0 aliphatic heterocycles. The molecule has 1 N–H and O–H groups in total. The molecule has 0 saturated carbocycles. The van der Waals surface area contributed by atoms with Gasteiger partial charge in [-0.3, -0.25) is 0 Å². The van der Waals surface area contributed by atoms with Crippen LogP contribution in [0.4, 0.5) is 0 Å². The molecule has 1 heteroatoms. The summed E-state index contributed by atoms with van der Waals surface area (Å²) >= 11 is 0. The van der Waals surface area contributed by atoms with Gasteiger partial charge >= 0.3 is 0 Å². The lowest BCUT2D eigenvalue weighted by molar-refractivity contribution is 0.598. The van der Waals surface area contributed by atoms with Crippen LogP contribution in [0.1, 0.15) is 26.3 Å². The highest BCUT2D eigenvalue weighted by Gasteiger charge is 2.25. The number of hydrogen-bond donors (Lipinski definition) is 1. The Bertz CT molecular complexity index is 1300. The molecule has 29 heavy (non-hydrogen) atoms. The molecule has 142 valence electrons.